The molecule has 3 heteroatoms. The van der Waals surface area contributed by atoms with Crippen LogP contribution in [0.1, 0.15) is 70.6 Å². The lowest BCUT2D eigenvalue weighted by atomic mass is 9.84. The monoisotopic (exact) mass is 368 g/mol. The zero-order valence-electron chi connectivity index (χ0n) is 16.3. The fourth-order valence-corrected chi connectivity index (χ4v) is 4.23. The van der Waals surface area contributed by atoms with Crippen LogP contribution in [0.3, 0.4) is 0 Å². The van der Waals surface area contributed by atoms with Crippen LogP contribution in [0.4, 0.5) is 0 Å². The number of allylic oxidation sites excluding steroid dienone is 7. The second kappa shape index (κ2) is 10.4. The van der Waals surface area contributed by atoms with Gasteiger partial charge in [0.05, 0.1) is 0 Å². The SMILES string of the molecule is O=C(CC1C=CC=CC1)C(C(=O)OC1CCCCCCC1)C1=CCCC=C1. The number of Topliss-reactive ketones (excluding diaryl/α,β-unsaturated/α-hetero) is 1. The number of carbonyl (C=O) groups excluding carboxylic acids is 2. The van der Waals surface area contributed by atoms with E-state index in [9.17, 15) is 9.59 Å². The van der Waals surface area contributed by atoms with Crippen molar-refractivity contribution in [1.29, 1.82) is 0 Å². The van der Waals surface area contributed by atoms with Crippen LogP contribution in [0.5, 0.6) is 0 Å². The molecule has 146 valence electrons. The van der Waals surface area contributed by atoms with E-state index in [1.165, 1.54) is 19.3 Å². The molecule has 27 heavy (non-hydrogen) atoms. The van der Waals surface area contributed by atoms with E-state index in [4.69, 9.17) is 4.74 Å². The number of rotatable bonds is 6. The van der Waals surface area contributed by atoms with Gasteiger partial charge in [0.2, 0.25) is 0 Å². The molecule has 0 radical (unpaired) electrons. The van der Waals surface area contributed by atoms with Crippen molar-refractivity contribution in [3.05, 3.63) is 48.1 Å². The van der Waals surface area contributed by atoms with Gasteiger partial charge in [-0.15, -0.1) is 0 Å². The van der Waals surface area contributed by atoms with Crippen molar-refractivity contribution >= 4 is 11.8 Å². The molecule has 3 aliphatic carbocycles. The quantitative estimate of drug-likeness (QED) is 0.451. The van der Waals surface area contributed by atoms with Gasteiger partial charge in [0.25, 0.3) is 0 Å². The van der Waals surface area contributed by atoms with E-state index < -0.39 is 5.92 Å². The molecular weight excluding hydrogens is 336 g/mol. The molecule has 0 aromatic heterocycles. The van der Waals surface area contributed by atoms with Crippen molar-refractivity contribution < 1.29 is 14.3 Å². The highest BCUT2D eigenvalue weighted by molar-refractivity contribution is 6.02. The molecule has 0 aliphatic heterocycles. The van der Waals surface area contributed by atoms with Gasteiger partial charge in [0, 0.05) is 6.42 Å². The van der Waals surface area contributed by atoms with E-state index in [-0.39, 0.29) is 23.8 Å². The van der Waals surface area contributed by atoms with Crippen LogP contribution < -0.4 is 0 Å². The smallest absolute Gasteiger partial charge is 0.321 e. The Bertz CT molecular complexity index is 630. The van der Waals surface area contributed by atoms with Crippen LogP contribution in [0.2, 0.25) is 0 Å². The van der Waals surface area contributed by atoms with E-state index in [1.54, 1.807) is 0 Å². The van der Waals surface area contributed by atoms with E-state index in [1.807, 2.05) is 24.3 Å². The number of ether oxygens (including phenoxy) is 1. The summed E-state index contributed by atoms with van der Waals surface area (Å²) in [4.78, 5) is 26.1. The minimum atomic E-state index is -0.758. The van der Waals surface area contributed by atoms with Crippen LogP contribution in [0, 0.1) is 11.8 Å². The Morgan fingerprint density at radius 3 is 2.44 bits per heavy atom. The average molecular weight is 369 g/mol. The predicted molar refractivity (Wildman–Crippen MR) is 108 cm³/mol. The van der Waals surface area contributed by atoms with Gasteiger partial charge in [-0.05, 0) is 56.4 Å². The summed E-state index contributed by atoms with van der Waals surface area (Å²) in [6.07, 6.45) is 25.1. The van der Waals surface area contributed by atoms with Gasteiger partial charge >= 0.3 is 5.97 Å². The van der Waals surface area contributed by atoms with Crippen LogP contribution in [-0.2, 0) is 14.3 Å². The second-order valence-corrected chi connectivity index (χ2v) is 8.00. The Balaban J connectivity index is 1.68. The lowest BCUT2D eigenvalue weighted by molar-refractivity contribution is -0.156. The van der Waals surface area contributed by atoms with Gasteiger partial charge in [-0.3, -0.25) is 9.59 Å². The van der Waals surface area contributed by atoms with Gasteiger partial charge in [0.15, 0.2) is 5.78 Å². The first-order chi connectivity index (χ1) is 13.2. The summed E-state index contributed by atoms with van der Waals surface area (Å²) in [5, 5.41) is 0. The van der Waals surface area contributed by atoms with E-state index in [0.29, 0.717) is 6.42 Å². The summed E-state index contributed by atoms with van der Waals surface area (Å²) in [7, 11) is 0. The topological polar surface area (TPSA) is 43.4 Å². The summed E-state index contributed by atoms with van der Waals surface area (Å²) in [5.41, 5.74) is 0.831. The van der Waals surface area contributed by atoms with Gasteiger partial charge in [-0.2, -0.15) is 0 Å². The first-order valence-corrected chi connectivity index (χ1v) is 10.7. The van der Waals surface area contributed by atoms with Crippen LogP contribution in [0.15, 0.2) is 48.1 Å². The average Bonchev–Trinajstić information content (AvgIpc) is 2.66. The summed E-state index contributed by atoms with van der Waals surface area (Å²) in [6, 6.07) is 0. The van der Waals surface area contributed by atoms with Crippen molar-refractivity contribution in [3.8, 4) is 0 Å². The van der Waals surface area contributed by atoms with Gasteiger partial charge < -0.3 is 4.74 Å². The molecule has 0 aromatic carbocycles. The summed E-state index contributed by atoms with van der Waals surface area (Å²) < 4.78 is 5.89. The fraction of sp³-hybridized carbons (Fsp3) is 0.583. The van der Waals surface area contributed by atoms with E-state index >= 15 is 0 Å². The van der Waals surface area contributed by atoms with Crippen LogP contribution in [0.25, 0.3) is 0 Å². The molecule has 0 amide bonds. The van der Waals surface area contributed by atoms with Crippen molar-refractivity contribution in [2.24, 2.45) is 11.8 Å². The maximum absolute atomic E-state index is 13.1. The highest BCUT2D eigenvalue weighted by atomic mass is 16.5. The lowest BCUT2D eigenvalue weighted by Gasteiger charge is -2.25. The van der Waals surface area contributed by atoms with Crippen molar-refractivity contribution in [2.45, 2.75) is 76.7 Å². The molecule has 3 nitrogen and oxygen atoms in total. The minimum Gasteiger partial charge on any atom is -0.462 e. The molecule has 1 saturated carbocycles. The van der Waals surface area contributed by atoms with Crippen molar-refractivity contribution in [3.63, 3.8) is 0 Å². The van der Waals surface area contributed by atoms with E-state index in [2.05, 4.69) is 18.2 Å². The van der Waals surface area contributed by atoms with Gasteiger partial charge in [0.1, 0.15) is 12.0 Å². The Labute approximate surface area is 163 Å². The standard InChI is InChI=1S/C24H32O3/c25-22(18-19-12-6-4-7-13-19)23(20-14-8-5-9-15-20)24(26)27-21-16-10-2-1-3-11-17-21/h4,6-8,12,14-15,19,21,23H,1-3,5,9-11,13,16-18H2. The number of ketones is 1. The van der Waals surface area contributed by atoms with Crippen LogP contribution >= 0.6 is 0 Å². The molecule has 2 atom stereocenters. The molecule has 1 fully saturated rings. The lowest BCUT2D eigenvalue weighted by Crippen LogP contribution is -2.32. The molecule has 0 saturated heterocycles. The third-order valence-electron chi connectivity index (χ3n) is 5.78. The summed E-state index contributed by atoms with van der Waals surface area (Å²) in [5.74, 6) is -0.911. The second-order valence-electron chi connectivity index (χ2n) is 8.00. The van der Waals surface area contributed by atoms with Crippen LogP contribution in [-0.4, -0.2) is 17.9 Å². The zero-order valence-corrected chi connectivity index (χ0v) is 16.3. The number of hydrogen-bond acceptors (Lipinski definition) is 3. The number of esters is 1. The predicted octanol–water partition coefficient (Wildman–Crippen LogP) is 5.63. The molecule has 0 spiro atoms. The highest BCUT2D eigenvalue weighted by Crippen LogP contribution is 2.28. The third kappa shape index (κ3) is 6.05. The van der Waals surface area contributed by atoms with E-state index in [0.717, 1.165) is 50.5 Å². The third-order valence-corrected chi connectivity index (χ3v) is 5.78. The summed E-state index contributed by atoms with van der Waals surface area (Å²) in [6.45, 7) is 0. The number of hydrogen-bond donors (Lipinski definition) is 0. The molecule has 2 unspecified atom stereocenters. The highest BCUT2D eigenvalue weighted by Gasteiger charge is 2.33. The Morgan fingerprint density at radius 1 is 1.00 bits per heavy atom. The molecule has 0 bridgehead atoms. The molecule has 0 aromatic rings. The molecule has 3 aliphatic rings. The molecule has 3 rings (SSSR count). The largest absolute Gasteiger partial charge is 0.462 e. The first kappa shape index (κ1) is 19.9. The first-order valence-electron chi connectivity index (χ1n) is 10.7. The Kier molecular flexibility index (Phi) is 7.67. The maximum atomic E-state index is 13.1. The molecule has 0 N–H and O–H groups in total. The normalized spacial score (nSPS) is 24.6. The number of carbonyl (C=O) groups is 2. The van der Waals surface area contributed by atoms with Gasteiger partial charge in [-0.25, -0.2) is 0 Å². The zero-order chi connectivity index (χ0) is 18.9. The Hall–Kier alpha value is -1.90. The summed E-state index contributed by atoms with van der Waals surface area (Å²) >= 11 is 0. The molecule has 0 heterocycles. The molecular formula is C24H32O3. The van der Waals surface area contributed by atoms with Crippen molar-refractivity contribution in [2.75, 3.05) is 0 Å². The van der Waals surface area contributed by atoms with Gasteiger partial charge in [-0.1, -0.05) is 61.8 Å². The van der Waals surface area contributed by atoms with Crippen molar-refractivity contribution in [1.82, 2.24) is 0 Å². The Morgan fingerprint density at radius 2 is 1.78 bits per heavy atom. The maximum Gasteiger partial charge on any atom is 0.321 e. The minimum absolute atomic E-state index is 0.00593. The fourth-order valence-electron chi connectivity index (χ4n) is 4.23.